The summed E-state index contributed by atoms with van der Waals surface area (Å²) in [5.74, 6) is -0.0842. The topological polar surface area (TPSA) is 68.0 Å². The van der Waals surface area contributed by atoms with Gasteiger partial charge >= 0.3 is 0 Å². The third-order valence-corrected chi connectivity index (χ3v) is 5.13. The Hall–Kier alpha value is -2.88. The first-order chi connectivity index (χ1) is 12.7. The Morgan fingerprint density at radius 2 is 1.81 bits per heavy atom. The predicted octanol–water partition coefficient (Wildman–Crippen LogP) is 4.55. The molecule has 0 bridgehead atoms. The first kappa shape index (κ1) is 16.6. The molecule has 0 spiro atoms. The number of nitrogens with two attached hydrogens (primary N) is 1. The van der Waals surface area contributed by atoms with E-state index in [2.05, 4.69) is 10.3 Å². The molecule has 132 valence electrons. The third kappa shape index (κ3) is 3.40. The van der Waals surface area contributed by atoms with Crippen LogP contribution in [0, 0.1) is 0 Å². The van der Waals surface area contributed by atoms with Crippen LogP contribution < -0.4 is 11.1 Å². The average Bonchev–Trinajstić information content (AvgIpc) is 2.69. The largest absolute Gasteiger partial charge is 0.398 e. The number of fused-ring (bicyclic) bond motifs is 1. The molecule has 0 saturated heterocycles. The van der Waals surface area contributed by atoms with Crippen molar-refractivity contribution in [2.45, 2.75) is 38.1 Å². The van der Waals surface area contributed by atoms with Gasteiger partial charge in [-0.05, 0) is 42.5 Å². The molecule has 0 aliphatic heterocycles. The van der Waals surface area contributed by atoms with Crippen molar-refractivity contribution in [1.82, 2.24) is 10.3 Å². The van der Waals surface area contributed by atoms with E-state index in [1.165, 1.54) is 19.3 Å². The Balaban J connectivity index is 1.61. The lowest BCUT2D eigenvalue weighted by Gasteiger charge is -2.22. The smallest absolute Gasteiger partial charge is 0.270 e. The fraction of sp³-hybridized carbons (Fsp3) is 0.273. The number of hydrogen-bond acceptors (Lipinski definition) is 3. The SMILES string of the molecule is Nc1cccc2ccc(-c3cccc(C(=O)NC4CCCCC4)n3)cc12. The van der Waals surface area contributed by atoms with Crippen molar-refractivity contribution in [2.24, 2.45) is 0 Å². The maximum Gasteiger partial charge on any atom is 0.270 e. The van der Waals surface area contributed by atoms with Crippen molar-refractivity contribution in [2.75, 3.05) is 5.73 Å². The van der Waals surface area contributed by atoms with Crippen molar-refractivity contribution in [3.05, 3.63) is 60.3 Å². The van der Waals surface area contributed by atoms with Crippen LogP contribution in [-0.4, -0.2) is 16.9 Å². The lowest BCUT2D eigenvalue weighted by atomic mass is 9.95. The Morgan fingerprint density at radius 3 is 2.65 bits per heavy atom. The molecule has 1 saturated carbocycles. The average molecular weight is 345 g/mol. The van der Waals surface area contributed by atoms with Crippen LogP contribution in [0.4, 0.5) is 5.69 Å². The number of benzene rings is 2. The molecule has 3 aromatic rings. The van der Waals surface area contributed by atoms with E-state index in [0.29, 0.717) is 5.69 Å². The Kier molecular flexibility index (Phi) is 4.57. The van der Waals surface area contributed by atoms with E-state index in [1.807, 2.05) is 48.5 Å². The van der Waals surface area contributed by atoms with Gasteiger partial charge in [0.2, 0.25) is 0 Å². The van der Waals surface area contributed by atoms with Crippen LogP contribution in [0.5, 0.6) is 0 Å². The normalized spacial score (nSPS) is 15.1. The highest BCUT2D eigenvalue weighted by atomic mass is 16.1. The zero-order chi connectivity index (χ0) is 17.9. The van der Waals surface area contributed by atoms with E-state index in [-0.39, 0.29) is 11.9 Å². The molecule has 26 heavy (non-hydrogen) atoms. The van der Waals surface area contributed by atoms with Gasteiger partial charge in [0.15, 0.2) is 0 Å². The summed E-state index contributed by atoms with van der Waals surface area (Å²) in [4.78, 5) is 17.2. The van der Waals surface area contributed by atoms with Gasteiger partial charge in [-0.2, -0.15) is 0 Å². The fourth-order valence-corrected chi connectivity index (χ4v) is 3.68. The molecule has 0 radical (unpaired) electrons. The number of nitrogen functional groups attached to an aromatic ring is 1. The second kappa shape index (κ2) is 7.16. The van der Waals surface area contributed by atoms with Gasteiger partial charge in [0.05, 0.1) is 5.69 Å². The third-order valence-electron chi connectivity index (χ3n) is 5.13. The molecule has 0 atom stereocenters. The molecule has 1 fully saturated rings. The summed E-state index contributed by atoms with van der Waals surface area (Å²) < 4.78 is 0. The summed E-state index contributed by atoms with van der Waals surface area (Å²) in [5.41, 5.74) is 9.06. The number of amides is 1. The molecule has 4 nitrogen and oxygen atoms in total. The summed E-state index contributed by atoms with van der Waals surface area (Å²) in [5, 5.41) is 5.23. The zero-order valence-electron chi connectivity index (χ0n) is 14.7. The summed E-state index contributed by atoms with van der Waals surface area (Å²) >= 11 is 0. The first-order valence-corrected chi connectivity index (χ1v) is 9.27. The Bertz CT molecular complexity index is 945. The highest BCUT2D eigenvalue weighted by molar-refractivity contribution is 5.96. The van der Waals surface area contributed by atoms with E-state index in [4.69, 9.17) is 5.73 Å². The molecule has 2 aromatic carbocycles. The van der Waals surface area contributed by atoms with Crippen LogP contribution in [0.2, 0.25) is 0 Å². The van der Waals surface area contributed by atoms with E-state index in [9.17, 15) is 4.79 Å². The van der Waals surface area contributed by atoms with Gasteiger partial charge in [-0.15, -0.1) is 0 Å². The minimum atomic E-state index is -0.0842. The predicted molar refractivity (Wildman–Crippen MR) is 106 cm³/mol. The van der Waals surface area contributed by atoms with E-state index < -0.39 is 0 Å². The number of hydrogen-bond donors (Lipinski definition) is 2. The van der Waals surface area contributed by atoms with E-state index in [0.717, 1.165) is 40.6 Å². The number of carbonyl (C=O) groups is 1. The minimum Gasteiger partial charge on any atom is -0.398 e. The fourth-order valence-electron chi connectivity index (χ4n) is 3.68. The van der Waals surface area contributed by atoms with Crippen molar-refractivity contribution in [1.29, 1.82) is 0 Å². The van der Waals surface area contributed by atoms with Crippen LogP contribution in [0.15, 0.2) is 54.6 Å². The number of rotatable bonds is 3. The molecule has 1 amide bonds. The molecule has 1 aliphatic rings. The highest BCUT2D eigenvalue weighted by Crippen LogP contribution is 2.27. The van der Waals surface area contributed by atoms with Gasteiger partial charge in [0, 0.05) is 22.7 Å². The molecular formula is C22H23N3O. The number of anilines is 1. The summed E-state index contributed by atoms with van der Waals surface area (Å²) in [7, 11) is 0. The number of pyridine rings is 1. The van der Waals surface area contributed by atoms with E-state index in [1.54, 1.807) is 6.07 Å². The van der Waals surface area contributed by atoms with Crippen molar-refractivity contribution in [3.8, 4) is 11.3 Å². The molecular weight excluding hydrogens is 322 g/mol. The Morgan fingerprint density at radius 1 is 1.00 bits per heavy atom. The lowest BCUT2D eigenvalue weighted by Crippen LogP contribution is -2.36. The molecule has 1 aliphatic carbocycles. The quantitative estimate of drug-likeness (QED) is 0.685. The van der Waals surface area contributed by atoms with Crippen LogP contribution in [0.1, 0.15) is 42.6 Å². The molecule has 1 aromatic heterocycles. The molecule has 1 heterocycles. The monoisotopic (exact) mass is 345 g/mol. The van der Waals surface area contributed by atoms with Crippen molar-refractivity contribution < 1.29 is 4.79 Å². The van der Waals surface area contributed by atoms with Crippen LogP contribution >= 0.6 is 0 Å². The van der Waals surface area contributed by atoms with Gasteiger partial charge in [-0.3, -0.25) is 4.79 Å². The van der Waals surface area contributed by atoms with Gasteiger partial charge < -0.3 is 11.1 Å². The summed E-state index contributed by atoms with van der Waals surface area (Å²) in [6.45, 7) is 0. The van der Waals surface area contributed by atoms with Gasteiger partial charge in [0.1, 0.15) is 5.69 Å². The number of nitrogens with one attached hydrogen (secondary N) is 1. The van der Waals surface area contributed by atoms with Crippen LogP contribution in [0.3, 0.4) is 0 Å². The number of carbonyl (C=O) groups excluding carboxylic acids is 1. The standard InChI is InChI=1S/C22H23N3O/c23-19-9-4-6-15-12-13-16(14-18(15)19)20-10-5-11-21(25-20)22(26)24-17-7-2-1-3-8-17/h4-6,9-14,17H,1-3,7-8,23H2,(H,24,26). The van der Waals surface area contributed by atoms with Crippen LogP contribution in [-0.2, 0) is 0 Å². The number of aromatic nitrogens is 1. The molecule has 4 heteroatoms. The van der Waals surface area contributed by atoms with Crippen molar-refractivity contribution >= 4 is 22.4 Å². The van der Waals surface area contributed by atoms with Gasteiger partial charge in [0.25, 0.3) is 5.91 Å². The zero-order valence-corrected chi connectivity index (χ0v) is 14.7. The summed E-state index contributed by atoms with van der Waals surface area (Å²) in [6, 6.07) is 17.9. The van der Waals surface area contributed by atoms with Crippen molar-refractivity contribution in [3.63, 3.8) is 0 Å². The minimum absolute atomic E-state index is 0.0842. The van der Waals surface area contributed by atoms with Gasteiger partial charge in [-0.25, -0.2) is 4.98 Å². The highest BCUT2D eigenvalue weighted by Gasteiger charge is 2.17. The second-order valence-corrected chi connectivity index (χ2v) is 7.00. The first-order valence-electron chi connectivity index (χ1n) is 9.27. The number of nitrogens with zero attached hydrogens (tertiary/aromatic N) is 1. The maximum absolute atomic E-state index is 12.6. The van der Waals surface area contributed by atoms with Gasteiger partial charge in [-0.1, -0.05) is 49.6 Å². The molecule has 3 N–H and O–H groups in total. The molecule has 0 unspecified atom stereocenters. The molecule has 4 rings (SSSR count). The lowest BCUT2D eigenvalue weighted by molar-refractivity contribution is 0.0923. The van der Waals surface area contributed by atoms with Crippen LogP contribution in [0.25, 0.3) is 22.0 Å². The Labute approximate surface area is 153 Å². The van der Waals surface area contributed by atoms with E-state index >= 15 is 0 Å². The maximum atomic E-state index is 12.6. The summed E-state index contributed by atoms with van der Waals surface area (Å²) in [6.07, 6.45) is 5.78. The second-order valence-electron chi connectivity index (χ2n) is 7.00.